The van der Waals surface area contributed by atoms with Crippen LogP contribution in [-0.2, 0) is 0 Å². The molecule has 1 rings (SSSR count). The monoisotopic (exact) mass is 287 g/mol. The fourth-order valence-electron chi connectivity index (χ4n) is 1.42. The first-order valence-electron chi connectivity index (χ1n) is 5.70. The van der Waals surface area contributed by atoms with E-state index in [1.165, 1.54) is 0 Å². The molecule has 2 N–H and O–H groups in total. The average molecular weight is 288 g/mol. The predicted molar refractivity (Wildman–Crippen MR) is 77.4 cm³/mol. The molecule has 0 aliphatic rings. The predicted octanol–water partition coefficient (Wildman–Crippen LogP) is 2.57. The molecule has 0 saturated carbocycles. The third-order valence-corrected chi connectivity index (χ3v) is 3.53. The zero-order valence-corrected chi connectivity index (χ0v) is 12.1. The number of carbonyl (C=O) groups excluding carboxylic acids is 1. The fourth-order valence-corrected chi connectivity index (χ4v) is 2.29. The van der Waals surface area contributed by atoms with E-state index in [0.29, 0.717) is 17.0 Å². The second-order valence-corrected chi connectivity index (χ2v) is 5.80. The van der Waals surface area contributed by atoms with Crippen LogP contribution in [0.5, 0.6) is 0 Å². The van der Waals surface area contributed by atoms with E-state index >= 15 is 0 Å². The molecule has 1 aromatic carbocycles. The molecule has 0 unspecified atom stereocenters. The van der Waals surface area contributed by atoms with E-state index in [4.69, 9.17) is 11.6 Å². The van der Waals surface area contributed by atoms with Gasteiger partial charge in [0.2, 0.25) is 0 Å². The van der Waals surface area contributed by atoms with Crippen LogP contribution in [0.15, 0.2) is 24.3 Å². The number of nitrogens with one attached hydrogen (secondary N) is 1. The first-order valence-corrected chi connectivity index (χ1v) is 7.47. The Labute approximate surface area is 117 Å². The number of hydrogen-bond donors (Lipinski definition) is 2. The summed E-state index contributed by atoms with van der Waals surface area (Å²) < 4.78 is 0. The number of carbonyl (C=O) groups is 1. The minimum atomic E-state index is -0.889. The van der Waals surface area contributed by atoms with Gasteiger partial charge in [0.25, 0.3) is 5.91 Å². The normalized spacial score (nSPS) is 14.0. The number of hydrogen-bond acceptors (Lipinski definition) is 3. The lowest BCUT2D eigenvalue weighted by molar-refractivity contribution is 0.0528. The number of rotatable bonds is 6. The second kappa shape index (κ2) is 7.02. The third-order valence-electron chi connectivity index (χ3n) is 2.59. The quantitative estimate of drug-likeness (QED) is 0.845. The zero-order chi connectivity index (χ0) is 13.6. The largest absolute Gasteiger partial charge is 0.388 e. The highest BCUT2D eigenvalue weighted by Gasteiger charge is 2.21. The summed E-state index contributed by atoms with van der Waals surface area (Å²) in [6.07, 6.45) is 2.62. The molecule has 100 valence electrons. The molecule has 0 saturated heterocycles. The summed E-state index contributed by atoms with van der Waals surface area (Å²) in [7, 11) is 0. The van der Waals surface area contributed by atoms with Gasteiger partial charge in [0.1, 0.15) is 0 Å². The van der Waals surface area contributed by atoms with Gasteiger partial charge in [0.05, 0.1) is 16.2 Å². The standard InChI is InChI=1S/C13H18ClNO2S/c1-13(17,7-8-18-2)9-15-12(16)10-5-3-4-6-11(10)14/h3-6,17H,7-9H2,1-2H3,(H,15,16)/t13-/m0/s1. The Morgan fingerprint density at radius 2 is 2.17 bits per heavy atom. The highest BCUT2D eigenvalue weighted by atomic mass is 35.5. The number of amides is 1. The minimum Gasteiger partial charge on any atom is -0.388 e. The lowest BCUT2D eigenvalue weighted by atomic mass is 10.0. The maximum Gasteiger partial charge on any atom is 0.252 e. The van der Waals surface area contributed by atoms with Gasteiger partial charge in [-0.25, -0.2) is 0 Å². The van der Waals surface area contributed by atoms with Gasteiger partial charge in [-0.3, -0.25) is 4.79 Å². The number of halogens is 1. The van der Waals surface area contributed by atoms with Crippen LogP contribution in [0.3, 0.4) is 0 Å². The van der Waals surface area contributed by atoms with Gasteiger partial charge in [-0.2, -0.15) is 11.8 Å². The van der Waals surface area contributed by atoms with Gasteiger partial charge in [0.15, 0.2) is 0 Å². The van der Waals surface area contributed by atoms with Gasteiger partial charge in [0, 0.05) is 6.54 Å². The third kappa shape index (κ3) is 4.88. The molecule has 1 atom stereocenters. The molecular weight excluding hydrogens is 270 g/mol. The van der Waals surface area contributed by atoms with Crippen molar-refractivity contribution in [2.45, 2.75) is 18.9 Å². The minimum absolute atomic E-state index is 0.220. The summed E-state index contributed by atoms with van der Waals surface area (Å²) in [4.78, 5) is 11.9. The van der Waals surface area contributed by atoms with E-state index in [2.05, 4.69) is 5.32 Å². The molecule has 0 radical (unpaired) electrons. The van der Waals surface area contributed by atoms with Crippen molar-refractivity contribution in [1.29, 1.82) is 0 Å². The molecule has 0 bridgehead atoms. The van der Waals surface area contributed by atoms with Crippen LogP contribution < -0.4 is 5.32 Å². The van der Waals surface area contributed by atoms with Gasteiger partial charge in [-0.05, 0) is 37.5 Å². The van der Waals surface area contributed by atoms with Crippen LogP contribution in [0.1, 0.15) is 23.7 Å². The summed E-state index contributed by atoms with van der Waals surface area (Å²) in [5.41, 5.74) is -0.459. The molecule has 0 heterocycles. The molecule has 0 aliphatic carbocycles. The van der Waals surface area contributed by atoms with E-state index in [-0.39, 0.29) is 12.5 Å². The number of thioether (sulfide) groups is 1. The molecule has 1 amide bonds. The Morgan fingerprint density at radius 3 is 2.78 bits per heavy atom. The Bertz CT molecular complexity index is 410. The highest BCUT2D eigenvalue weighted by molar-refractivity contribution is 7.98. The molecule has 0 spiro atoms. The maximum atomic E-state index is 11.9. The number of benzene rings is 1. The molecular formula is C13H18ClNO2S. The van der Waals surface area contributed by atoms with Crippen molar-refractivity contribution in [3.8, 4) is 0 Å². The van der Waals surface area contributed by atoms with E-state index in [1.54, 1.807) is 43.0 Å². The lowest BCUT2D eigenvalue weighted by Gasteiger charge is -2.23. The summed E-state index contributed by atoms with van der Waals surface area (Å²) in [5, 5.41) is 13.2. The van der Waals surface area contributed by atoms with Crippen molar-refractivity contribution in [2.24, 2.45) is 0 Å². The van der Waals surface area contributed by atoms with Crippen molar-refractivity contribution in [1.82, 2.24) is 5.32 Å². The second-order valence-electron chi connectivity index (χ2n) is 4.40. The van der Waals surface area contributed by atoms with Crippen molar-refractivity contribution in [2.75, 3.05) is 18.6 Å². The smallest absolute Gasteiger partial charge is 0.252 e. The summed E-state index contributed by atoms with van der Waals surface area (Å²) in [5.74, 6) is 0.597. The molecule has 3 nitrogen and oxygen atoms in total. The van der Waals surface area contributed by atoms with Gasteiger partial charge in [-0.15, -0.1) is 0 Å². The first-order chi connectivity index (χ1) is 8.46. The van der Waals surface area contributed by atoms with Crippen LogP contribution in [0.25, 0.3) is 0 Å². The summed E-state index contributed by atoms with van der Waals surface area (Å²) in [6, 6.07) is 6.86. The topological polar surface area (TPSA) is 49.3 Å². The van der Waals surface area contributed by atoms with E-state index in [1.807, 2.05) is 6.26 Å². The van der Waals surface area contributed by atoms with Crippen LogP contribution in [0.4, 0.5) is 0 Å². The van der Waals surface area contributed by atoms with Gasteiger partial charge in [-0.1, -0.05) is 23.7 Å². The Morgan fingerprint density at radius 1 is 1.50 bits per heavy atom. The Kier molecular flexibility index (Phi) is 5.99. The van der Waals surface area contributed by atoms with E-state index in [0.717, 1.165) is 5.75 Å². The SMILES string of the molecule is CSCC[C@](C)(O)CNC(=O)c1ccccc1Cl. The van der Waals surface area contributed by atoms with E-state index in [9.17, 15) is 9.90 Å². The molecule has 0 aliphatic heterocycles. The summed E-state index contributed by atoms with van der Waals surface area (Å²) in [6.45, 7) is 1.94. The fraction of sp³-hybridized carbons (Fsp3) is 0.462. The molecule has 1 aromatic rings. The van der Waals surface area contributed by atoms with Gasteiger partial charge >= 0.3 is 0 Å². The Balaban J connectivity index is 2.54. The van der Waals surface area contributed by atoms with Crippen molar-refractivity contribution >= 4 is 29.3 Å². The van der Waals surface area contributed by atoms with Crippen LogP contribution in [0.2, 0.25) is 5.02 Å². The van der Waals surface area contributed by atoms with Gasteiger partial charge < -0.3 is 10.4 Å². The molecule has 5 heteroatoms. The zero-order valence-electron chi connectivity index (χ0n) is 10.6. The molecule has 0 fully saturated rings. The lowest BCUT2D eigenvalue weighted by Crippen LogP contribution is -2.41. The average Bonchev–Trinajstić information content (AvgIpc) is 2.34. The summed E-state index contributed by atoms with van der Waals surface area (Å²) >= 11 is 7.59. The highest BCUT2D eigenvalue weighted by Crippen LogP contribution is 2.16. The van der Waals surface area contributed by atoms with Crippen molar-refractivity contribution in [3.05, 3.63) is 34.9 Å². The van der Waals surface area contributed by atoms with Crippen LogP contribution in [0, 0.1) is 0 Å². The maximum absolute atomic E-state index is 11.9. The van der Waals surface area contributed by atoms with Crippen LogP contribution in [-0.4, -0.2) is 35.2 Å². The molecule has 18 heavy (non-hydrogen) atoms. The Hall–Kier alpha value is -0.710. The molecule has 0 aromatic heterocycles. The number of aliphatic hydroxyl groups is 1. The van der Waals surface area contributed by atoms with E-state index < -0.39 is 5.60 Å². The first kappa shape index (κ1) is 15.3. The van der Waals surface area contributed by atoms with Crippen molar-refractivity contribution in [3.63, 3.8) is 0 Å². The van der Waals surface area contributed by atoms with Crippen molar-refractivity contribution < 1.29 is 9.90 Å². The van der Waals surface area contributed by atoms with Crippen LogP contribution >= 0.6 is 23.4 Å².